The molecule has 2 aliphatic rings. The molecule has 4 atom stereocenters. The highest BCUT2D eigenvalue weighted by Crippen LogP contribution is 2.39. The number of halogens is 3. The van der Waals surface area contributed by atoms with Gasteiger partial charge in [-0.25, -0.2) is 0 Å². The lowest BCUT2D eigenvalue weighted by atomic mass is 10.0. The molecule has 0 bridgehead atoms. The standard InChI is InChI=1S/C34H36F3N3O6S/c1-21(42)39-26-12-14-28(15-13-26)47-20-27-17-30(24-8-6-23(19-41)7-9-24)46-32(45-27)25-10-4-22(5-11-25)18-38-31(43)29-3-2-16-40(29)33(44)34(35,36)37/h4-15,27,29-30,32,41H,2-3,16-20H2,1H3,(H,38,43)(H,39,42)/t27-,29+,30+,32+/m1/s1. The van der Waals surface area contributed by atoms with Crippen LogP contribution in [0, 0.1) is 0 Å². The van der Waals surface area contributed by atoms with Gasteiger partial charge in [0.05, 0.1) is 18.8 Å². The highest BCUT2D eigenvalue weighted by molar-refractivity contribution is 7.99. The number of thioether (sulfide) groups is 1. The molecule has 47 heavy (non-hydrogen) atoms. The predicted octanol–water partition coefficient (Wildman–Crippen LogP) is 5.64. The van der Waals surface area contributed by atoms with E-state index in [9.17, 15) is 32.7 Å². The largest absolute Gasteiger partial charge is 0.471 e. The number of ether oxygens (including phenoxy) is 2. The molecule has 3 aromatic rings. The van der Waals surface area contributed by atoms with Gasteiger partial charge in [-0.2, -0.15) is 13.2 Å². The van der Waals surface area contributed by atoms with E-state index >= 15 is 0 Å². The number of aliphatic hydroxyl groups is 1. The maximum atomic E-state index is 13.0. The number of amides is 3. The van der Waals surface area contributed by atoms with Crippen LogP contribution in [-0.4, -0.2) is 58.3 Å². The van der Waals surface area contributed by atoms with Crippen LogP contribution in [0.25, 0.3) is 0 Å². The SMILES string of the molecule is CC(=O)Nc1ccc(SC[C@H]2C[C@@H](c3ccc(CO)cc3)O[C@@H](c3ccc(CNC(=O)[C@@H]4CCCN4C(=O)C(F)(F)F)cc3)O2)cc1. The van der Waals surface area contributed by atoms with E-state index < -0.39 is 30.3 Å². The Morgan fingerprint density at radius 3 is 2.23 bits per heavy atom. The van der Waals surface area contributed by atoms with Gasteiger partial charge >= 0.3 is 12.1 Å². The molecule has 3 aromatic carbocycles. The summed E-state index contributed by atoms with van der Waals surface area (Å²) in [5.41, 5.74) is 3.94. The van der Waals surface area contributed by atoms with E-state index in [1.54, 1.807) is 23.9 Å². The van der Waals surface area contributed by atoms with Crippen molar-refractivity contribution in [3.63, 3.8) is 0 Å². The van der Waals surface area contributed by atoms with Gasteiger partial charge in [-0.05, 0) is 53.8 Å². The lowest BCUT2D eigenvalue weighted by molar-refractivity contribution is -0.245. The van der Waals surface area contributed by atoms with Crippen molar-refractivity contribution in [2.45, 2.75) is 74.9 Å². The van der Waals surface area contributed by atoms with Crippen LogP contribution in [0.4, 0.5) is 18.9 Å². The molecular weight excluding hydrogens is 635 g/mol. The van der Waals surface area contributed by atoms with Crippen LogP contribution in [0.3, 0.4) is 0 Å². The fourth-order valence-electron chi connectivity index (χ4n) is 5.59. The van der Waals surface area contributed by atoms with Crippen LogP contribution in [-0.2, 0) is 37.0 Å². The van der Waals surface area contributed by atoms with Gasteiger partial charge in [0.25, 0.3) is 0 Å². The second-order valence-electron chi connectivity index (χ2n) is 11.5. The number of rotatable bonds is 10. The summed E-state index contributed by atoms with van der Waals surface area (Å²) in [6.45, 7) is 1.37. The van der Waals surface area contributed by atoms with Gasteiger partial charge in [0.2, 0.25) is 11.8 Å². The van der Waals surface area contributed by atoms with E-state index in [0.29, 0.717) is 23.5 Å². The first kappa shape index (κ1) is 34.4. The van der Waals surface area contributed by atoms with E-state index in [0.717, 1.165) is 32.8 Å². The molecule has 3 amide bonds. The predicted molar refractivity (Wildman–Crippen MR) is 169 cm³/mol. The van der Waals surface area contributed by atoms with Crippen molar-refractivity contribution in [3.8, 4) is 0 Å². The Morgan fingerprint density at radius 1 is 0.936 bits per heavy atom. The van der Waals surface area contributed by atoms with Crippen LogP contribution in [0.2, 0.25) is 0 Å². The topological polar surface area (TPSA) is 117 Å². The Labute approximate surface area is 274 Å². The van der Waals surface area contributed by atoms with E-state index in [4.69, 9.17) is 9.47 Å². The summed E-state index contributed by atoms with van der Waals surface area (Å²) in [5.74, 6) is -2.11. The zero-order chi connectivity index (χ0) is 33.6. The van der Waals surface area contributed by atoms with Gasteiger partial charge < -0.3 is 30.1 Å². The molecule has 3 N–H and O–H groups in total. The number of benzene rings is 3. The van der Waals surface area contributed by atoms with Gasteiger partial charge in [0, 0.05) is 48.3 Å². The smallest absolute Gasteiger partial charge is 0.392 e. The van der Waals surface area contributed by atoms with Crippen molar-refractivity contribution >= 4 is 35.2 Å². The average Bonchev–Trinajstić information content (AvgIpc) is 3.56. The average molecular weight is 672 g/mol. The number of alkyl halides is 3. The number of aliphatic hydroxyl groups excluding tert-OH is 1. The second kappa shape index (κ2) is 15.3. The number of carbonyl (C=O) groups is 3. The number of likely N-dealkylation sites (tertiary alicyclic amines) is 1. The third kappa shape index (κ3) is 9.13. The summed E-state index contributed by atoms with van der Waals surface area (Å²) >= 11 is 1.63. The molecule has 0 unspecified atom stereocenters. The molecule has 0 aromatic heterocycles. The molecule has 250 valence electrons. The Kier molecular flexibility index (Phi) is 11.2. The van der Waals surface area contributed by atoms with Crippen LogP contribution < -0.4 is 10.6 Å². The monoisotopic (exact) mass is 671 g/mol. The minimum Gasteiger partial charge on any atom is -0.392 e. The quantitative estimate of drug-likeness (QED) is 0.239. The highest BCUT2D eigenvalue weighted by atomic mass is 32.2. The number of carbonyl (C=O) groups excluding carboxylic acids is 3. The van der Waals surface area contributed by atoms with Crippen molar-refractivity contribution in [2.24, 2.45) is 0 Å². The Balaban J connectivity index is 1.23. The molecule has 13 heteroatoms. The van der Waals surface area contributed by atoms with E-state index in [1.807, 2.05) is 60.7 Å². The molecule has 2 fully saturated rings. The van der Waals surface area contributed by atoms with Gasteiger partial charge in [-0.1, -0.05) is 48.5 Å². The Bertz CT molecular complexity index is 1540. The second-order valence-corrected chi connectivity index (χ2v) is 12.6. The summed E-state index contributed by atoms with van der Waals surface area (Å²) in [6, 6.07) is 21.2. The number of hydrogen-bond donors (Lipinski definition) is 3. The molecule has 9 nitrogen and oxygen atoms in total. The fourth-order valence-corrected chi connectivity index (χ4v) is 6.52. The molecule has 2 saturated heterocycles. The maximum absolute atomic E-state index is 13.0. The first-order valence-corrected chi connectivity index (χ1v) is 16.2. The summed E-state index contributed by atoms with van der Waals surface area (Å²) in [4.78, 5) is 37.4. The lowest BCUT2D eigenvalue weighted by Crippen LogP contribution is -2.50. The maximum Gasteiger partial charge on any atom is 0.471 e. The minimum atomic E-state index is -5.03. The van der Waals surface area contributed by atoms with Crippen molar-refractivity contribution in [3.05, 3.63) is 95.1 Å². The molecular formula is C34H36F3N3O6S. The molecule has 2 aliphatic heterocycles. The molecule has 5 rings (SSSR count). The summed E-state index contributed by atoms with van der Waals surface area (Å²) < 4.78 is 51.7. The third-order valence-electron chi connectivity index (χ3n) is 8.00. The van der Waals surface area contributed by atoms with E-state index in [-0.39, 0.29) is 44.2 Å². The minimum absolute atomic E-state index is 0.0606. The van der Waals surface area contributed by atoms with E-state index in [1.165, 1.54) is 6.92 Å². The fraction of sp³-hybridized carbons (Fsp3) is 0.382. The Morgan fingerprint density at radius 2 is 1.60 bits per heavy atom. The van der Waals surface area contributed by atoms with Crippen molar-refractivity contribution in [1.29, 1.82) is 0 Å². The third-order valence-corrected chi connectivity index (χ3v) is 9.15. The lowest BCUT2D eigenvalue weighted by Gasteiger charge is -2.36. The molecule has 0 aliphatic carbocycles. The van der Waals surface area contributed by atoms with E-state index in [2.05, 4.69) is 10.6 Å². The molecule has 0 saturated carbocycles. The number of nitrogens with zero attached hydrogens (tertiary/aromatic N) is 1. The summed E-state index contributed by atoms with van der Waals surface area (Å²) in [6.07, 6.45) is -5.07. The molecule has 0 spiro atoms. The highest BCUT2D eigenvalue weighted by Gasteiger charge is 2.47. The first-order valence-electron chi connectivity index (χ1n) is 15.3. The van der Waals surface area contributed by atoms with Crippen molar-refractivity contribution in [2.75, 3.05) is 17.6 Å². The van der Waals surface area contributed by atoms with Crippen LogP contribution in [0.15, 0.2) is 77.7 Å². The van der Waals surface area contributed by atoms with Crippen LogP contribution >= 0.6 is 11.8 Å². The zero-order valence-electron chi connectivity index (χ0n) is 25.7. The van der Waals surface area contributed by atoms with Crippen molar-refractivity contribution < 1.29 is 42.1 Å². The molecule has 2 heterocycles. The van der Waals surface area contributed by atoms with Crippen LogP contribution in [0.5, 0.6) is 0 Å². The van der Waals surface area contributed by atoms with Gasteiger partial charge in [-0.15, -0.1) is 11.8 Å². The zero-order valence-corrected chi connectivity index (χ0v) is 26.5. The summed E-state index contributed by atoms with van der Waals surface area (Å²) in [5, 5.41) is 14.9. The Hall–Kier alpha value is -3.91. The number of nitrogens with one attached hydrogen (secondary N) is 2. The van der Waals surface area contributed by atoms with Crippen LogP contribution in [0.1, 0.15) is 60.8 Å². The normalized spacial score (nSPS) is 21.3. The summed E-state index contributed by atoms with van der Waals surface area (Å²) in [7, 11) is 0. The van der Waals surface area contributed by atoms with Crippen molar-refractivity contribution in [1.82, 2.24) is 10.2 Å². The van der Waals surface area contributed by atoms with Gasteiger partial charge in [0.15, 0.2) is 6.29 Å². The van der Waals surface area contributed by atoms with Gasteiger partial charge in [0.1, 0.15) is 6.04 Å². The number of anilines is 1. The number of hydrogen-bond acceptors (Lipinski definition) is 7. The molecule has 0 radical (unpaired) electrons. The first-order chi connectivity index (χ1) is 22.5. The van der Waals surface area contributed by atoms with Gasteiger partial charge in [-0.3, -0.25) is 14.4 Å².